The van der Waals surface area contributed by atoms with E-state index < -0.39 is 0 Å². The number of fused-ring (bicyclic) bond motifs is 1. The predicted molar refractivity (Wildman–Crippen MR) is 90.2 cm³/mol. The van der Waals surface area contributed by atoms with Crippen molar-refractivity contribution in [3.8, 4) is 5.75 Å². The highest BCUT2D eigenvalue weighted by atomic mass is 32.1. The summed E-state index contributed by atoms with van der Waals surface area (Å²) in [6.07, 6.45) is 0. The molecule has 106 valence electrons. The zero-order valence-corrected chi connectivity index (χ0v) is 12.6. The lowest BCUT2D eigenvalue weighted by Gasteiger charge is -2.09. The molecule has 4 nitrogen and oxygen atoms in total. The smallest absolute Gasteiger partial charge is 0.308 e. The molecule has 1 aromatic heterocycles. The molecule has 0 saturated heterocycles. The molecule has 3 rings (SSSR count). The van der Waals surface area contributed by atoms with E-state index in [4.69, 9.17) is 22.7 Å². The molecule has 0 bridgehead atoms. The maximum atomic E-state index is 12.0. The normalized spacial score (nSPS) is 10.7. The van der Waals surface area contributed by atoms with Crippen LogP contribution in [0.1, 0.15) is 0 Å². The minimum atomic E-state index is -0.0526. The van der Waals surface area contributed by atoms with Crippen LogP contribution in [0, 0.1) is 0 Å². The number of benzene rings is 2. The van der Waals surface area contributed by atoms with Gasteiger partial charge in [-0.15, -0.1) is 0 Å². The molecule has 2 N–H and O–H groups in total. The van der Waals surface area contributed by atoms with E-state index in [0.29, 0.717) is 16.5 Å². The molecule has 6 heteroatoms. The minimum absolute atomic E-state index is 0.0526. The lowest BCUT2D eigenvalue weighted by Crippen LogP contribution is -2.21. The van der Waals surface area contributed by atoms with Gasteiger partial charge in [-0.05, 0) is 36.5 Å². The summed E-state index contributed by atoms with van der Waals surface area (Å²) in [5.74, 6) is 0.509. The zero-order valence-electron chi connectivity index (χ0n) is 11.0. The van der Waals surface area contributed by atoms with Crippen molar-refractivity contribution in [1.29, 1.82) is 0 Å². The summed E-state index contributed by atoms with van der Waals surface area (Å²) >= 11 is 6.43. The molecule has 0 unspecified atom stereocenters. The summed E-state index contributed by atoms with van der Waals surface area (Å²) in [4.78, 5) is 12.0. The van der Waals surface area contributed by atoms with Gasteiger partial charge < -0.3 is 10.5 Å². The van der Waals surface area contributed by atoms with Gasteiger partial charge in [0.25, 0.3) is 0 Å². The molecule has 0 spiro atoms. The van der Waals surface area contributed by atoms with Crippen molar-refractivity contribution < 1.29 is 4.74 Å². The lowest BCUT2D eigenvalue weighted by molar-refractivity contribution is 0.540. The molecule has 0 aliphatic carbocycles. The lowest BCUT2D eigenvalue weighted by atomic mass is 10.3. The van der Waals surface area contributed by atoms with Crippen LogP contribution in [0.25, 0.3) is 10.2 Å². The number of thiocarbonyl (C=S) groups is 1. The second kappa shape index (κ2) is 5.67. The van der Waals surface area contributed by atoms with Crippen molar-refractivity contribution in [1.82, 2.24) is 4.57 Å². The van der Waals surface area contributed by atoms with E-state index in [1.54, 1.807) is 16.7 Å². The van der Waals surface area contributed by atoms with E-state index in [0.717, 1.165) is 10.2 Å². The number of hydrogen-bond donors (Lipinski definition) is 1. The van der Waals surface area contributed by atoms with E-state index in [2.05, 4.69) is 0 Å². The molecule has 0 radical (unpaired) electrons. The number of thiazole rings is 1. The fraction of sp³-hybridized carbons (Fsp3) is 0.0667. The van der Waals surface area contributed by atoms with Crippen LogP contribution in [0.15, 0.2) is 53.3 Å². The standard InChI is InChI=1S/C15H12N2O2S2/c16-10-5-1-3-7-12(10)19-14(20)9-17-11-6-2-4-8-13(11)21-15(17)18/h1-8H,9,16H2. The Hall–Kier alpha value is -2.18. The van der Waals surface area contributed by atoms with Gasteiger partial charge in [0.1, 0.15) is 0 Å². The summed E-state index contributed by atoms with van der Waals surface area (Å²) in [5, 5.41) is 0.304. The molecule has 3 aromatic rings. The number of anilines is 1. The third kappa shape index (κ3) is 2.81. The molecule has 21 heavy (non-hydrogen) atoms. The molecule has 0 aliphatic rings. The van der Waals surface area contributed by atoms with Gasteiger partial charge in [0.2, 0.25) is 0 Å². The first-order valence-electron chi connectivity index (χ1n) is 6.29. The Morgan fingerprint density at radius 3 is 2.71 bits per heavy atom. The molecule has 0 saturated carbocycles. The maximum absolute atomic E-state index is 12.0. The number of ether oxygens (including phenoxy) is 1. The van der Waals surface area contributed by atoms with E-state index >= 15 is 0 Å². The van der Waals surface area contributed by atoms with Crippen molar-refractivity contribution in [2.75, 3.05) is 5.73 Å². The monoisotopic (exact) mass is 316 g/mol. The molecule has 0 fully saturated rings. The third-order valence-corrected chi connectivity index (χ3v) is 4.18. The van der Waals surface area contributed by atoms with Crippen LogP contribution in [-0.2, 0) is 6.54 Å². The fourth-order valence-electron chi connectivity index (χ4n) is 2.02. The van der Waals surface area contributed by atoms with Gasteiger partial charge >= 0.3 is 4.87 Å². The summed E-state index contributed by atoms with van der Waals surface area (Å²) in [5.41, 5.74) is 7.19. The first kappa shape index (κ1) is 13.8. The average Bonchev–Trinajstić information content (AvgIpc) is 2.78. The molecular weight excluding hydrogens is 304 g/mol. The van der Waals surface area contributed by atoms with Crippen molar-refractivity contribution >= 4 is 44.5 Å². The quantitative estimate of drug-likeness (QED) is 0.596. The van der Waals surface area contributed by atoms with E-state index in [1.165, 1.54) is 11.3 Å². The van der Waals surface area contributed by atoms with Gasteiger partial charge in [-0.2, -0.15) is 0 Å². The second-order valence-electron chi connectivity index (χ2n) is 4.43. The Kier molecular flexibility index (Phi) is 3.72. The first-order chi connectivity index (χ1) is 10.1. The predicted octanol–water partition coefficient (Wildman–Crippen LogP) is 3.05. The van der Waals surface area contributed by atoms with Crippen LogP contribution in [0.5, 0.6) is 5.75 Å². The fourth-order valence-corrected chi connectivity index (χ4v) is 3.13. The van der Waals surface area contributed by atoms with Crippen molar-refractivity contribution in [3.05, 3.63) is 58.2 Å². The molecule has 0 aliphatic heterocycles. The van der Waals surface area contributed by atoms with E-state index in [1.807, 2.05) is 36.4 Å². The number of para-hydroxylation sites is 3. The number of rotatable bonds is 3. The number of nitrogens with zero attached hydrogens (tertiary/aromatic N) is 1. The van der Waals surface area contributed by atoms with Gasteiger partial charge in [-0.25, -0.2) is 0 Å². The Balaban J connectivity index is 1.86. The van der Waals surface area contributed by atoms with Gasteiger partial charge in [0.05, 0.1) is 22.4 Å². The van der Waals surface area contributed by atoms with Crippen LogP contribution < -0.4 is 15.3 Å². The maximum Gasteiger partial charge on any atom is 0.308 e. The van der Waals surface area contributed by atoms with Crippen LogP contribution in [0.4, 0.5) is 5.69 Å². The Morgan fingerprint density at radius 2 is 1.90 bits per heavy atom. The largest absolute Gasteiger partial charge is 0.446 e. The third-order valence-electron chi connectivity index (χ3n) is 3.00. The van der Waals surface area contributed by atoms with Crippen LogP contribution in [-0.4, -0.2) is 9.62 Å². The SMILES string of the molecule is Nc1ccccc1OC(=S)Cn1c(=O)sc2ccccc21. The van der Waals surface area contributed by atoms with Crippen molar-refractivity contribution in [2.24, 2.45) is 0 Å². The first-order valence-corrected chi connectivity index (χ1v) is 7.51. The Labute approximate surface area is 130 Å². The summed E-state index contributed by atoms with van der Waals surface area (Å²) in [6.45, 7) is 0.229. The van der Waals surface area contributed by atoms with Crippen molar-refractivity contribution in [2.45, 2.75) is 6.54 Å². The number of aromatic nitrogens is 1. The van der Waals surface area contributed by atoms with Crippen LogP contribution >= 0.6 is 23.6 Å². The molecule has 1 heterocycles. The molecule has 0 atom stereocenters. The van der Waals surface area contributed by atoms with E-state index in [9.17, 15) is 4.79 Å². The molecule has 2 aromatic carbocycles. The van der Waals surface area contributed by atoms with Gasteiger partial charge in [-0.1, -0.05) is 35.6 Å². The van der Waals surface area contributed by atoms with Gasteiger partial charge in [0.15, 0.2) is 10.8 Å². The van der Waals surface area contributed by atoms with Crippen LogP contribution in [0.3, 0.4) is 0 Å². The van der Waals surface area contributed by atoms with Gasteiger partial charge in [-0.3, -0.25) is 9.36 Å². The highest BCUT2D eigenvalue weighted by Gasteiger charge is 2.10. The number of nitrogen functional groups attached to an aromatic ring is 1. The Morgan fingerprint density at radius 1 is 1.19 bits per heavy atom. The molecule has 0 amide bonds. The average molecular weight is 316 g/mol. The number of hydrogen-bond acceptors (Lipinski definition) is 5. The number of nitrogens with two attached hydrogens (primary N) is 1. The van der Waals surface area contributed by atoms with E-state index in [-0.39, 0.29) is 11.4 Å². The Bertz CT molecular complexity index is 867. The minimum Gasteiger partial charge on any atom is -0.446 e. The summed E-state index contributed by atoms with van der Waals surface area (Å²) in [7, 11) is 0. The van der Waals surface area contributed by atoms with Gasteiger partial charge in [0, 0.05) is 0 Å². The topological polar surface area (TPSA) is 57.2 Å². The zero-order chi connectivity index (χ0) is 14.8. The summed E-state index contributed by atoms with van der Waals surface area (Å²) < 4.78 is 8.12. The van der Waals surface area contributed by atoms with Crippen LogP contribution in [0.2, 0.25) is 0 Å². The van der Waals surface area contributed by atoms with Crippen molar-refractivity contribution in [3.63, 3.8) is 0 Å². The highest BCUT2D eigenvalue weighted by Crippen LogP contribution is 2.21. The highest BCUT2D eigenvalue weighted by molar-refractivity contribution is 7.80. The summed E-state index contributed by atoms with van der Waals surface area (Å²) in [6, 6.07) is 14.7. The molecular formula is C15H12N2O2S2. The second-order valence-corrected chi connectivity index (χ2v) is 5.88.